The summed E-state index contributed by atoms with van der Waals surface area (Å²) in [6.45, 7) is 3.42. The Labute approximate surface area is 159 Å². The number of ether oxygens (including phenoxy) is 1. The van der Waals surface area contributed by atoms with E-state index in [-0.39, 0.29) is 29.2 Å². The van der Waals surface area contributed by atoms with E-state index in [9.17, 15) is 18.0 Å². The van der Waals surface area contributed by atoms with Crippen LogP contribution in [0.3, 0.4) is 0 Å². The fourth-order valence-electron chi connectivity index (χ4n) is 2.80. The summed E-state index contributed by atoms with van der Waals surface area (Å²) in [6.07, 6.45) is 1.78. The van der Waals surface area contributed by atoms with Gasteiger partial charge in [0, 0.05) is 25.6 Å². The van der Waals surface area contributed by atoms with E-state index in [1.165, 1.54) is 4.31 Å². The summed E-state index contributed by atoms with van der Waals surface area (Å²) in [6, 6.07) is 5.86. The van der Waals surface area contributed by atoms with Crippen LogP contribution in [0.4, 0.5) is 0 Å². The Morgan fingerprint density at radius 1 is 1.19 bits per heavy atom. The van der Waals surface area contributed by atoms with Gasteiger partial charge in [0.25, 0.3) is 0 Å². The number of nitrogens with zero attached hydrogens (tertiary/aromatic N) is 1. The first-order valence-corrected chi connectivity index (χ1v) is 10.6. The summed E-state index contributed by atoms with van der Waals surface area (Å²) in [5, 5.41) is 5.45. The van der Waals surface area contributed by atoms with Crippen LogP contribution >= 0.6 is 0 Å². The standard InChI is InChI=1S/C18H25N3O5S/c1-13(20-18(23)15-4-5-15)17(22)19-12-14-2-6-16(7-3-14)27(24,25)21-8-10-26-11-9-21/h2-3,6-7,13,15H,4-5,8-12H2,1H3,(H,19,22)(H,20,23)/t13-/m1/s1. The van der Waals surface area contributed by atoms with Crippen LogP contribution < -0.4 is 10.6 Å². The summed E-state index contributed by atoms with van der Waals surface area (Å²) in [4.78, 5) is 24.0. The van der Waals surface area contributed by atoms with Crippen molar-refractivity contribution in [2.24, 2.45) is 5.92 Å². The third kappa shape index (κ3) is 5.06. The van der Waals surface area contributed by atoms with E-state index in [4.69, 9.17) is 4.74 Å². The van der Waals surface area contributed by atoms with Crippen molar-refractivity contribution in [3.8, 4) is 0 Å². The fraction of sp³-hybridized carbons (Fsp3) is 0.556. The minimum atomic E-state index is -3.52. The first-order valence-electron chi connectivity index (χ1n) is 9.13. The first kappa shape index (κ1) is 19.8. The lowest BCUT2D eigenvalue weighted by atomic mass is 10.2. The molecule has 1 atom stereocenters. The molecule has 1 aliphatic heterocycles. The fourth-order valence-corrected chi connectivity index (χ4v) is 4.21. The average Bonchev–Trinajstić information content (AvgIpc) is 3.52. The maximum absolute atomic E-state index is 12.6. The van der Waals surface area contributed by atoms with Gasteiger partial charge in [0.15, 0.2) is 0 Å². The van der Waals surface area contributed by atoms with E-state index in [1.807, 2.05) is 0 Å². The van der Waals surface area contributed by atoms with Gasteiger partial charge in [-0.15, -0.1) is 0 Å². The smallest absolute Gasteiger partial charge is 0.243 e. The van der Waals surface area contributed by atoms with Crippen molar-refractivity contribution in [1.29, 1.82) is 0 Å². The van der Waals surface area contributed by atoms with Crippen LogP contribution in [0.2, 0.25) is 0 Å². The Morgan fingerprint density at radius 2 is 1.81 bits per heavy atom. The molecular weight excluding hydrogens is 370 g/mol. The highest BCUT2D eigenvalue weighted by Gasteiger charge is 2.31. The molecule has 3 rings (SSSR count). The molecule has 1 aliphatic carbocycles. The van der Waals surface area contributed by atoms with Gasteiger partial charge in [-0.2, -0.15) is 4.31 Å². The van der Waals surface area contributed by atoms with Crippen molar-refractivity contribution in [1.82, 2.24) is 14.9 Å². The number of nitrogens with one attached hydrogen (secondary N) is 2. The molecule has 0 spiro atoms. The van der Waals surface area contributed by atoms with Crippen LogP contribution in [0.15, 0.2) is 29.2 Å². The topological polar surface area (TPSA) is 105 Å². The van der Waals surface area contributed by atoms with Crippen LogP contribution in [0.5, 0.6) is 0 Å². The maximum atomic E-state index is 12.6. The van der Waals surface area contributed by atoms with E-state index >= 15 is 0 Å². The number of sulfonamides is 1. The lowest BCUT2D eigenvalue weighted by molar-refractivity contribution is -0.129. The summed E-state index contributed by atoms with van der Waals surface area (Å²) in [5.41, 5.74) is 0.782. The molecule has 8 nitrogen and oxygen atoms in total. The highest BCUT2D eigenvalue weighted by atomic mass is 32.2. The first-order chi connectivity index (χ1) is 12.9. The molecule has 1 heterocycles. The molecule has 9 heteroatoms. The molecule has 1 saturated heterocycles. The van der Waals surface area contributed by atoms with Gasteiger partial charge < -0.3 is 15.4 Å². The number of benzene rings is 1. The van der Waals surface area contributed by atoms with E-state index in [0.29, 0.717) is 26.3 Å². The number of hydrogen-bond donors (Lipinski definition) is 2. The summed E-state index contributed by atoms with van der Waals surface area (Å²) in [7, 11) is -3.52. The molecule has 0 bridgehead atoms. The second-order valence-corrected chi connectivity index (χ2v) is 8.82. The Kier molecular flexibility index (Phi) is 6.13. The van der Waals surface area contributed by atoms with E-state index in [0.717, 1.165) is 18.4 Å². The van der Waals surface area contributed by atoms with Gasteiger partial charge in [-0.3, -0.25) is 9.59 Å². The molecule has 27 heavy (non-hydrogen) atoms. The van der Waals surface area contributed by atoms with Gasteiger partial charge in [0.05, 0.1) is 18.1 Å². The Morgan fingerprint density at radius 3 is 2.41 bits per heavy atom. The SMILES string of the molecule is C[C@@H](NC(=O)C1CC1)C(=O)NCc1ccc(S(=O)(=O)N2CCOCC2)cc1. The lowest BCUT2D eigenvalue weighted by Crippen LogP contribution is -2.45. The Hall–Kier alpha value is -1.97. The second-order valence-electron chi connectivity index (χ2n) is 6.88. The Balaban J connectivity index is 1.52. The van der Waals surface area contributed by atoms with Crippen molar-refractivity contribution in [2.75, 3.05) is 26.3 Å². The van der Waals surface area contributed by atoms with Crippen molar-refractivity contribution in [2.45, 2.75) is 37.2 Å². The molecule has 148 valence electrons. The van der Waals surface area contributed by atoms with Crippen molar-refractivity contribution >= 4 is 21.8 Å². The molecule has 2 fully saturated rings. The monoisotopic (exact) mass is 395 g/mol. The Bertz CT molecular complexity index is 784. The van der Waals surface area contributed by atoms with E-state index < -0.39 is 16.1 Å². The van der Waals surface area contributed by atoms with Crippen LogP contribution in [0, 0.1) is 5.92 Å². The lowest BCUT2D eigenvalue weighted by Gasteiger charge is -2.26. The molecule has 0 aromatic heterocycles. The van der Waals surface area contributed by atoms with E-state index in [1.54, 1.807) is 31.2 Å². The second kappa shape index (κ2) is 8.37. The van der Waals surface area contributed by atoms with Crippen LogP contribution in [0.25, 0.3) is 0 Å². The van der Waals surface area contributed by atoms with Gasteiger partial charge >= 0.3 is 0 Å². The number of carbonyl (C=O) groups excluding carboxylic acids is 2. The highest BCUT2D eigenvalue weighted by molar-refractivity contribution is 7.89. The number of amides is 2. The maximum Gasteiger partial charge on any atom is 0.243 e. The molecular formula is C18H25N3O5S. The third-order valence-corrected chi connectivity index (χ3v) is 6.61. The van der Waals surface area contributed by atoms with E-state index in [2.05, 4.69) is 10.6 Å². The van der Waals surface area contributed by atoms with Crippen LogP contribution in [0.1, 0.15) is 25.3 Å². The summed E-state index contributed by atoms with van der Waals surface area (Å²) < 4.78 is 31.8. The number of rotatable bonds is 7. The van der Waals surface area contributed by atoms with Gasteiger partial charge in [0.1, 0.15) is 6.04 Å². The molecule has 0 radical (unpaired) electrons. The van der Waals surface area contributed by atoms with Crippen molar-refractivity contribution < 1.29 is 22.7 Å². The number of hydrogen-bond acceptors (Lipinski definition) is 5. The highest BCUT2D eigenvalue weighted by Crippen LogP contribution is 2.28. The molecule has 2 amide bonds. The zero-order valence-corrected chi connectivity index (χ0v) is 16.1. The molecule has 0 unspecified atom stereocenters. The number of carbonyl (C=O) groups is 2. The quantitative estimate of drug-likeness (QED) is 0.688. The van der Waals surface area contributed by atoms with Crippen LogP contribution in [-0.2, 0) is 30.9 Å². The van der Waals surface area contributed by atoms with Crippen LogP contribution in [-0.4, -0.2) is 56.9 Å². The predicted molar refractivity (Wildman–Crippen MR) is 98.2 cm³/mol. The number of morpholine rings is 1. The van der Waals surface area contributed by atoms with Crippen molar-refractivity contribution in [3.63, 3.8) is 0 Å². The van der Waals surface area contributed by atoms with Gasteiger partial charge in [-0.1, -0.05) is 12.1 Å². The molecule has 1 aromatic rings. The summed E-state index contributed by atoms with van der Waals surface area (Å²) >= 11 is 0. The molecule has 2 aliphatic rings. The van der Waals surface area contributed by atoms with Crippen molar-refractivity contribution in [3.05, 3.63) is 29.8 Å². The zero-order chi connectivity index (χ0) is 19.4. The molecule has 1 aromatic carbocycles. The molecule has 2 N–H and O–H groups in total. The zero-order valence-electron chi connectivity index (χ0n) is 15.3. The summed E-state index contributed by atoms with van der Waals surface area (Å²) in [5.74, 6) is -0.287. The largest absolute Gasteiger partial charge is 0.379 e. The van der Waals surface area contributed by atoms with Gasteiger partial charge in [-0.05, 0) is 37.5 Å². The minimum Gasteiger partial charge on any atom is -0.379 e. The van der Waals surface area contributed by atoms with Gasteiger partial charge in [0.2, 0.25) is 21.8 Å². The molecule has 1 saturated carbocycles. The normalized spacial score (nSPS) is 19.3. The predicted octanol–water partition coefficient (Wildman–Crippen LogP) is 0.238. The average molecular weight is 395 g/mol. The minimum absolute atomic E-state index is 0.0567. The van der Waals surface area contributed by atoms with Gasteiger partial charge in [-0.25, -0.2) is 8.42 Å². The third-order valence-electron chi connectivity index (χ3n) is 4.70.